The average molecular weight is 290 g/mol. The number of carbonyl (C=O) groups excluding carboxylic acids is 1. The lowest BCUT2D eigenvalue weighted by atomic mass is 9.70. The Morgan fingerprint density at radius 3 is 2.48 bits per heavy atom. The van der Waals surface area contributed by atoms with Gasteiger partial charge in [0.2, 0.25) is 0 Å². The molecule has 0 aliphatic heterocycles. The number of methoxy groups -OCH3 is 1. The van der Waals surface area contributed by atoms with Crippen LogP contribution in [-0.2, 0) is 9.53 Å². The molecule has 21 heavy (non-hydrogen) atoms. The predicted octanol–water partition coefficient (Wildman–Crippen LogP) is 4.18. The highest BCUT2D eigenvalue weighted by Gasteiger charge is 2.37. The van der Waals surface area contributed by atoms with Gasteiger partial charge in [-0.2, -0.15) is 0 Å². The molecule has 3 heteroatoms. The molecule has 0 heterocycles. The van der Waals surface area contributed by atoms with Crippen LogP contribution in [0.1, 0.15) is 62.6 Å². The minimum atomic E-state index is -0.188. The van der Waals surface area contributed by atoms with Gasteiger partial charge in [-0.05, 0) is 47.9 Å². The normalized spacial score (nSPS) is 24.6. The molecule has 0 saturated carbocycles. The van der Waals surface area contributed by atoms with Crippen LogP contribution >= 0.6 is 0 Å². The first kappa shape index (κ1) is 15.9. The molecule has 1 aromatic carbocycles. The summed E-state index contributed by atoms with van der Waals surface area (Å²) in [6.45, 7) is 10.1. The number of hydrogen-bond acceptors (Lipinski definition) is 3. The van der Waals surface area contributed by atoms with Crippen molar-refractivity contribution in [2.24, 2.45) is 5.92 Å². The van der Waals surface area contributed by atoms with Crippen molar-refractivity contribution in [3.05, 3.63) is 28.8 Å². The van der Waals surface area contributed by atoms with Gasteiger partial charge in [0.15, 0.2) is 0 Å². The van der Waals surface area contributed by atoms with Crippen LogP contribution in [0.4, 0.5) is 0 Å². The van der Waals surface area contributed by atoms with Gasteiger partial charge in [0.1, 0.15) is 11.9 Å². The van der Waals surface area contributed by atoms with E-state index >= 15 is 0 Å². The Bertz CT molecular complexity index is 534. The standard InChI is InChI=1S/C18H26O3/c1-10(2)18-15-7-12(4)16(20-6)9-14(15)11(3)8-17(18)21-13(5)19/h7,9-11,17-18H,8H2,1-6H3/t11-,17-,18+/m0/s1. The Labute approximate surface area is 127 Å². The monoisotopic (exact) mass is 290 g/mol. The second kappa shape index (κ2) is 6.08. The highest BCUT2D eigenvalue weighted by molar-refractivity contribution is 5.66. The van der Waals surface area contributed by atoms with Gasteiger partial charge < -0.3 is 9.47 Å². The molecule has 0 bridgehead atoms. The zero-order valence-corrected chi connectivity index (χ0v) is 13.9. The molecule has 0 saturated heterocycles. The smallest absolute Gasteiger partial charge is 0.302 e. The summed E-state index contributed by atoms with van der Waals surface area (Å²) >= 11 is 0. The summed E-state index contributed by atoms with van der Waals surface area (Å²) in [5.74, 6) is 1.80. The Morgan fingerprint density at radius 1 is 1.29 bits per heavy atom. The molecule has 0 amide bonds. The summed E-state index contributed by atoms with van der Waals surface area (Å²) in [4.78, 5) is 11.4. The summed E-state index contributed by atoms with van der Waals surface area (Å²) in [5.41, 5.74) is 3.78. The van der Waals surface area contributed by atoms with Gasteiger partial charge in [0.05, 0.1) is 7.11 Å². The van der Waals surface area contributed by atoms with E-state index in [-0.39, 0.29) is 18.0 Å². The van der Waals surface area contributed by atoms with Crippen molar-refractivity contribution in [1.82, 2.24) is 0 Å². The van der Waals surface area contributed by atoms with Gasteiger partial charge in [-0.25, -0.2) is 0 Å². The number of benzene rings is 1. The zero-order valence-electron chi connectivity index (χ0n) is 13.9. The fourth-order valence-electron chi connectivity index (χ4n) is 3.61. The van der Waals surface area contributed by atoms with Crippen molar-refractivity contribution < 1.29 is 14.3 Å². The maximum atomic E-state index is 11.4. The second-order valence-electron chi connectivity index (χ2n) is 6.51. The Balaban J connectivity index is 2.51. The van der Waals surface area contributed by atoms with E-state index in [0.717, 1.165) is 17.7 Å². The predicted molar refractivity (Wildman–Crippen MR) is 83.9 cm³/mol. The van der Waals surface area contributed by atoms with Crippen LogP contribution in [0.25, 0.3) is 0 Å². The molecule has 3 atom stereocenters. The molecule has 0 spiro atoms. The van der Waals surface area contributed by atoms with E-state index in [9.17, 15) is 4.79 Å². The maximum Gasteiger partial charge on any atom is 0.302 e. The number of ether oxygens (including phenoxy) is 2. The molecular formula is C18H26O3. The fourth-order valence-corrected chi connectivity index (χ4v) is 3.61. The third kappa shape index (κ3) is 3.07. The van der Waals surface area contributed by atoms with E-state index in [4.69, 9.17) is 9.47 Å². The van der Waals surface area contributed by atoms with Crippen molar-refractivity contribution in [1.29, 1.82) is 0 Å². The van der Waals surface area contributed by atoms with Crippen LogP contribution in [0.2, 0.25) is 0 Å². The fraction of sp³-hybridized carbons (Fsp3) is 0.611. The number of esters is 1. The SMILES string of the molecule is COc1cc2c(cc1C)[C@@H](C(C)C)[C@@H](OC(C)=O)C[C@@H]2C. The Kier molecular flexibility index (Phi) is 4.60. The summed E-state index contributed by atoms with van der Waals surface area (Å²) in [6.07, 6.45) is 0.847. The van der Waals surface area contributed by atoms with Crippen molar-refractivity contribution in [3.8, 4) is 5.75 Å². The maximum absolute atomic E-state index is 11.4. The van der Waals surface area contributed by atoms with Gasteiger partial charge in [-0.1, -0.05) is 26.8 Å². The minimum absolute atomic E-state index is 0.0298. The summed E-state index contributed by atoms with van der Waals surface area (Å²) in [5, 5.41) is 0. The van der Waals surface area contributed by atoms with Gasteiger partial charge in [0, 0.05) is 12.8 Å². The van der Waals surface area contributed by atoms with Gasteiger partial charge in [-0.3, -0.25) is 4.79 Å². The van der Waals surface area contributed by atoms with Gasteiger partial charge >= 0.3 is 5.97 Å². The molecule has 1 aliphatic carbocycles. The zero-order chi connectivity index (χ0) is 15.7. The van der Waals surface area contributed by atoms with Gasteiger partial charge in [0.25, 0.3) is 0 Å². The lowest BCUT2D eigenvalue weighted by molar-refractivity contribution is -0.149. The van der Waals surface area contributed by atoms with Crippen LogP contribution in [0.15, 0.2) is 12.1 Å². The summed E-state index contributed by atoms with van der Waals surface area (Å²) in [7, 11) is 1.71. The molecule has 1 aromatic rings. The van der Waals surface area contributed by atoms with E-state index in [1.807, 2.05) is 0 Å². The molecule has 3 nitrogen and oxygen atoms in total. The molecule has 1 aliphatic rings. The molecule has 0 fully saturated rings. The van der Waals surface area contributed by atoms with Crippen LogP contribution in [0.3, 0.4) is 0 Å². The molecule has 2 rings (SSSR count). The van der Waals surface area contributed by atoms with E-state index in [1.165, 1.54) is 18.1 Å². The topological polar surface area (TPSA) is 35.5 Å². The van der Waals surface area contributed by atoms with Crippen molar-refractivity contribution in [2.45, 2.75) is 59.0 Å². The first-order valence-corrected chi connectivity index (χ1v) is 7.70. The average Bonchev–Trinajstić information content (AvgIpc) is 2.36. The molecule has 116 valence electrons. The lowest BCUT2D eigenvalue weighted by Gasteiger charge is -2.39. The third-order valence-electron chi connectivity index (χ3n) is 4.51. The van der Waals surface area contributed by atoms with Crippen LogP contribution < -0.4 is 4.74 Å². The van der Waals surface area contributed by atoms with E-state index in [2.05, 4.69) is 39.8 Å². The number of hydrogen-bond donors (Lipinski definition) is 0. The summed E-state index contributed by atoms with van der Waals surface area (Å²) < 4.78 is 11.1. The molecule has 0 N–H and O–H groups in total. The third-order valence-corrected chi connectivity index (χ3v) is 4.51. The first-order valence-electron chi connectivity index (χ1n) is 7.70. The quantitative estimate of drug-likeness (QED) is 0.783. The van der Waals surface area contributed by atoms with Crippen LogP contribution in [0, 0.1) is 12.8 Å². The molecule has 0 aromatic heterocycles. The molecular weight excluding hydrogens is 264 g/mol. The number of rotatable bonds is 3. The molecule has 0 unspecified atom stereocenters. The van der Waals surface area contributed by atoms with Crippen molar-refractivity contribution in [2.75, 3.05) is 7.11 Å². The van der Waals surface area contributed by atoms with E-state index in [1.54, 1.807) is 7.11 Å². The summed E-state index contributed by atoms with van der Waals surface area (Å²) in [6, 6.07) is 4.37. The van der Waals surface area contributed by atoms with Gasteiger partial charge in [-0.15, -0.1) is 0 Å². The van der Waals surface area contributed by atoms with E-state index < -0.39 is 0 Å². The Morgan fingerprint density at radius 2 is 1.95 bits per heavy atom. The van der Waals surface area contributed by atoms with Crippen LogP contribution in [-0.4, -0.2) is 19.2 Å². The highest BCUT2D eigenvalue weighted by atomic mass is 16.5. The number of aryl methyl sites for hydroxylation is 1. The molecule has 0 radical (unpaired) electrons. The number of carbonyl (C=O) groups is 1. The van der Waals surface area contributed by atoms with E-state index in [0.29, 0.717) is 11.8 Å². The largest absolute Gasteiger partial charge is 0.496 e. The van der Waals surface area contributed by atoms with Crippen molar-refractivity contribution >= 4 is 5.97 Å². The first-order chi connectivity index (χ1) is 9.85. The minimum Gasteiger partial charge on any atom is -0.496 e. The lowest BCUT2D eigenvalue weighted by Crippen LogP contribution is -2.34. The second-order valence-corrected chi connectivity index (χ2v) is 6.51. The Hall–Kier alpha value is -1.51. The van der Waals surface area contributed by atoms with Crippen molar-refractivity contribution in [3.63, 3.8) is 0 Å². The van der Waals surface area contributed by atoms with Crippen LogP contribution in [0.5, 0.6) is 5.75 Å². The highest BCUT2D eigenvalue weighted by Crippen LogP contribution is 2.45. The number of fused-ring (bicyclic) bond motifs is 1.